The number of amides is 2. The van der Waals surface area contributed by atoms with E-state index in [1.807, 2.05) is 12.1 Å². The number of carbonyl (C=O) groups is 2. The lowest BCUT2D eigenvalue weighted by atomic mass is 10.1. The van der Waals surface area contributed by atoms with Crippen LogP contribution in [0.2, 0.25) is 0 Å². The predicted octanol–water partition coefficient (Wildman–Crippen LogP) is 2.90. The number of rotatable bonds is 8. The van der Waals surface area contributed by atoms with Gasteiger partial charge in [-0.05, 0) is 25.0 Å². The molecule has 0 aliphatic heterocycles. The van der Waals surface area contributed by atoms with Crippen LogP contribution in [0.15, 0.2) is 42.7 Å². The van der Waals surface area contributed by atoms with Crippen LogP contribution in [0.1, 0.15) is 32.1 Å². The van der Waals surface area contributed by atoms with Crippen LogP contribution in [0.3, 0.4) is 0 Å². The molecule has 2 rings (SSSR count). The average Bonchev–Trinajstić information content (AvgIpc) is 2.56. The van der Waals surface area contributed by atoms with Crippen LogP contribution in [0.4, 0.5) is 17.1 Å². The van der Waals surface area contributed by atoms with E-state index >= 15 is 0 Å². The summed E-state index contributed by atoms with van der Waals surface area (Å²) in [6.45, 7) is 0. The number of hydrogen-bond acceptors (Lipinski definition) is 5. The molecule has 0 bridgehead atoms. The van der Waals surface area contributed by atoms with Gasteiger partial charge in [-0.15, -0.1) is 0 Å². The predicted molar refractivity (Wildman–Crippen MR) is 97.1 cm³/mol. The fourth-order valence-electron chi connectivity index (χ4n) is 2.29. The first kappa shape index (κ1) is 18.3. The van der Waals surface area contributed by atoms with Gasteiger partial charge in [0.1, 0.15) is 5.75 Å². The molecule has 1 aromatic heterocycles. The van der Waals surface area contributed by atoms with Crippen molar-refractivity contribution in [2.24, 2.45) is 0 Å². The molecule has 0 spiro atoms. The topological polar surface area (TPSA) is 117 Å². The molecule has 0 radical (unpaired) electrons. The summed E-state index contributed by atoms with van der Waals surface area (Å²) in [4.78, 5) is 27.4. The van der Waals surface area contributed by atoms with Gasteiger partial charge in [-0.3, -0.25) is 14.6 Å². The third-order valence-electron chi connectivity index (χ3n) is 3.55. The fraction of sp³-hybridized carbons (Fsp3) is 0.278. The van der Waals surface area contributed by atoms with Crippen molar-refractivity contribution >= 4 is 28.9 Å². The first-order chi connectivity index (χ1) is 12.0. The number of hydrogen-bond donors (Lipinski definition) is 4. The molecule has 1 heterocycles. The van der Waals surface area contributed by atoms with Crippen molar-refractivity contribution in [3.8, 4) is 5.75 Å². The van der Waals surface area contributed by atoms with Crippen molar-refractivity contribution in [2.75, 3.05) is 16.4 Å². The quantitative estimate of drug-likeness (QED) is 0.435. The largest absolute Gasteiger partial charge is 0.506 e. The molecule has 2 amide bonds. The lowest BCUT2D eigenvalue weighted by molar-refractivity contribution is -0.116. The number of para-hydroxylation sites is 2. The molecule has 0 saturated heterocycles. The third-order valence-corrected chi connectivity index (χ3v) is 3.55. The van der Waals surface area contributed by atoms with Gasteiger partial charge in [-0.25, -0.2) is 0 Å². The molecule has 132 valence electrons. The van der Waals surface area contributed by atoms with E-state index in [1.54, 1.807) is 12.1 Å². The van der Waals surface area contributed by atoms with Crippen molar-refractivity contribution in [1.29, 1.82) is 0 Å². The minimum Gasteiger partial charge on any atom is -0.506 e. The molecule has 0 saturated carbocycles. The minimum absolute atomic E-state index is 0.00265. The first-order valence-corrected chi connectivity index (χ1v) is 8.13. The summed E-state index contributed by atoms with van der Waals surface area (Å²) in [6, 6.07) is 8.55. The number of aromatic nitrogens is 1. The van der Waals surface area contributed by atoms with E-state index in [0.29, 0.717) is 42.7 Å². The van der Waals surface area contributed by atoms with Gasteiger partial charge in [0, 0.05) is 18.9 Å². The summed E-state index contributed by atoms with van der Waals surface area (Å²) in [7, 11) is 0. The summed E-state index contributed by atoms with van der Waals surface area (Å²) in [5, 5.41) is 14.7. The van der Waals surface area contributed by atoms with Gasteiger partial charge >= 0.3 is 0 Å². The Morgan fingerprint density at radius 3 is 2.36 bits per heavy atom. The number of pyridine rings is 1. The fourth-order valence-corrected chi connectivity index (χ4v) is 2.29. The first-order valence-electron chi connectivity index (χ1n) is 8.13. The molecule has 5 N–H and O–H groups in total. The van der Waals surface area contributed by atoms with E-state index in [4.69, 9.17) is 5.73 Å². The second-order valence-corrected chi connectivity index (χ2v) is 5.68. The Morgan fingerprint density at radius 2 is 1.68 bits per heavy atom. The SMILES string of the molecule is Nc1ccccc1NC(=O)CCCCCC(=O)Nc1cncc(O)c1. The third kappa shape index (κ3) is 6.50. The van der Waals surface area contributed by atoms with Crippen LogP contribution >= 0.6 is 0 Å². The highest BCUT2D eigenvalue weighted by atomic mass is 16.3. The highest BCUT2D eigenvalue weighted by Gasteiger charge is 2.06. The molecule has 7 heteroatoms. The summed E-state index contributed by atoms with van der Waals surface area (Å²) in [5.41, 5.74) is 7.39. The Labute approximate surface area is 146 Å². The second-order valence-electron chi connectivity index (χ2n) is 5.68. The number of nitrogens with zero attached hydrogens (tertiary/aromatic N) is 1. The summed E-state index contributed by atoms with van der Waals surface area (Å²) < 4.78 is 0. The van der Waals surface area contributed by atoms with Gasteiger partial charge in [0.05, 0.1) is 29.5 Å². The van der Waals surface area contributed by atoms with Crippen LogP contribution < -0.4 is 16.4 Å². The van der Waals surface area contributed by atoms with Crippen molar-refractivity contribution in [3.63, 3.8) is 0 Å². The highest BCUT2D eigenvalue weighted by molar-refractivity contribution is 5.93. The monoisotopic (exact) mass is 342 g/mol. The van der Waals surface area contributed by atoms with Gasteiger partial charge in [-0.2, -0.15) is 0 Å². The normalized spacial score (nSPS) is 10.2. The van der Waals surface area contributed by atoms with Gasteiger partial charge < -0.3 is 21.5 Å². The Balaban J connectivity index is 1.60. The zero-order valence-corrected chi connectivity index (χ0v) is 13.9. The standard InChI is InChI=1S/C18H22N4O3/c19-15-6-4-5-7-16(15)22-18(25)9-3-1-2-8-17(24)21-13-10-14(23)12-20-11-13/h4-7,10-12,23H,1-3,8-9,19H2,(H,21,24)(H,22,25). The molecule has 0 aliphatic rings. The van der Waals surface area contributed by atoms with Crippen molar-refractivity contribution < 1.29 is 14.7 Å². The Kier molecular flexibility index (Phi) is 6.76. The Bertz CT molecular complexity index is 734. The van der Waals surface area contributed by atoms with E-state index in [2.05, 4.69) is 15.6 Å². The van der Waals surface area contributed by atoms with E-state index in [0.717, 1.165) is 6.42 Å². The Hall–Kier alpha value is -3.09. The number of nitrogens with two attached hydrogens (primary N) is 1. The van der Waals surface area contributed by atoms with Crippen LogP contribution in [0.5, 0.6) is 5.75 Å². The smallest absolute Gasteiger partial charge is 0.224 e. The van der Waals surface area contributed by atoms with Crippen molar-refractivity contribution in [2.45, 2.75) is 32.1 Å². The van der Waals surface area contributed by atoms with Gasteiger partial charge in [0.25, 0.3) is 0 Å². The molecule has 0 fully saturated rings. The van der Waals surface area contributed by atoms with E-state index in [-0.39, 0.29) is 17.6 Å². The molecule has 2 aromatic rings. The lowest BCUT2D eigenvalue weighted by Gasteiger charge is -2.08. The van der Waals surface area contributed by atoms with Crippen molar-refractivity contribution in [3.05, 3.63) is 42.7 Å². The van der Waals surface area contributed by atoms with Gasteiger partial charge in [0.2, 0.25) is 11.8 Å². The van der Waals surface area contributed by atoms with Crippen LogP contribution in [0, 0.1) is 0 Å². The van der Waals surface area contributed by atoms with Gasteiger partial charge in [-0.1, -0.05) is 18.6 Å². The van der Waals surface area contributed by atoms with Crippen LogP contribution in [-0.2, 0) is 9.59 Å². The molecule has 1 aromatic carbocycles. The summed E-state index contributed by atoms with van der Waals surface area (Å²) in [5.74, 6) is -0.232. The molecule has 0 aliphatic carbocycles. The van der Waals surface area contributed by atoms with Crippen LogP contribution in [0.25, 0.3) is 0 Å². The minimum atomic E-state index is -0.145. The lowest BCUT2D eigenvalue weighted by Crippen LogP contribution is -2.13. The number of nitrogen functional groups attached to an aromatic ring is 1. The molecule has 0 unspecified atom stereocenters. The second kappa shape index (κ2) is 9.27. The number of carbonyl (C=O) groups excluding carboxylic acids is 2. The van der Waals surface area contributed by atoms with E-state index in [9.17, 15) is 14.7 Å². The highest BCUT2D eigenvalue weighted by Crippen LogP contribution is 2.17. The van der Waals surface area contributed by atoms with Crippen LogP contribution in [-0.4, -0.2) is 21.9 Å². The molecular weight excluding hydrogens is 320 g/mol. The number of anilines is 3. The zero-order valence-electron chi connectivity index (χ0n) is 13.9. The summed E-state index contributed by atoms with van der Waals surface area (Å²) >= 11 is 0. The maximum absolute atomic E-state index is 11.9. The van der Waals surface area contributed by atoms with E-state index in [1.165, 1.54) is 18.5 Å². The maximum atomic E-state index is 11.9. The van der Waals surface area contributed by atoms with Gasteiger partial charge in [0.15, 0.2) is 0 Å². The van der Waals surface area contributed by atoms with E-state index < -0.39 is 0 Å². The molecule has 7 nitrogen and oxygen atoms in total. The Morgan fingerprint density at radius 1 is 1.00 bits per heavy atom. The molecule has 0 atom stereocenters. The van der Waals surface area contributed by atoms with Crippen molar-refractivity contribution in [1.82, 2.24) is 4.98 Å². The average molecular weight is 342 g/mol. The summed E-state index contributed by atoms with van der Waals surface area (Å²) in [6.07, 6.45) is 5.64. The number of nitrogens with one attached hydrogen (secondary N) is 2. The zero-order chi connectivity index (χ0) is 18.1. The number of unbranched alkanes of at least 4 members (excludes halogenated alkanes) is 2. The number of benzene rings is 1. The number of aromatic hydroxyl groups is 1. The molecule has 25 heavy (non-hydrogen) atoms. The maximum Gasteiger partial charge on any atom is 0.224 e. The molecular formula is C18H22N4O3.